The number of nitrogens with zero attached hydrogens (tertiary/aromatic N) is 1. The number of sulfone groups is 1. The standard InChI is InChI=1S/C23H16F3NO3S/c1-30-18-6-2-4-14(8-18)20-9-15-5-3-7-21(26)23(15)27-13-22(20)31(28,29)19-11-16(24)10-17(25)12-19/h2-8,10-13H,9H2,1H3. The van der Waals surface area contributed by atoms with Gasteiger partial charge in [-0.15, -0.1) is 0 Å². The molecule has 31 heavy (non-hydrogen) atoms. The molecule has 1 aliphatic rings. The maximum absolute atomic E-state index is 14.4. The van der Waals surface area contributed by atoms with Crippen molar-refractivity contribution >= 4 is 27.3 Å². The highest BCUT2D eigenvalue weighted by atomic mass is 32.2. The Balaban J connectivity index is 2.00. The lowest BCUT2D eigenvalue weighted by Crippen LogP contribution is -2.10. The van der Waals surface area contributed by atoms with Crippen LogP contribution in [0.15, 0.2) is 75.5 Å². The molecule has 0 saturated heterocycles. The van der Waals surface area contributed by atoms with Crippen molar-refractivity contribution in [2.75, 3.05) is 7.11 Å². The summed E-state index contributed by atoms with van der Waals surface area (Å²) in [6.07, 6.45) is 1.06. The zero-order chi connectivity index (χ0) is 22.2. The maximum atomic E-state index is 14.4. The number of hydrogen-bond donors (Lipinski definition) is 0. The highest BCUT2D eigenvalue weighted by molar-refractivity contribution is 7.96. The minimum Gasteiger partial charge on any atom is -0.497 e. The van der Waals surface area contributed by atoms with Gasteiger partial charge in [-0.25, -0.2) is 21.6 Å². The largest absolute Gasteiger partial charge is 0.497 e. The highest BCUT2D eigenvalue weighted by Gasteiger charge is 2.28. The molecule has 4 nitrogen and oxygen atoms in total. The molecular weight excluding hydrogens is 427 g/mol. The number of ether oxygens (including phenoxy) is 1. The van der Waals surface area contributed by atoms with E-state index in [1.807, 2.05) is 0 Å². The van der Waals surface area contributed by atoms with E-state index in [0.29, 0.717) is 28.5 Å². The molecule has 3 aromatic rings. The van der Waals surface area contributed by atoms with Gasteiger partial charge in [0, 0.05) is 18.7 Å². The van der Waals surface area contributed by atoms with Gasteiger partial charge in [0.15, 0.2) is 0 Å². The Morgan fingerprint density at radius 2 is 1.65 bits per heavy atom. The first-order valence-electron chi connectivity index (χ1n) is 9.20. The van der Waals surface area contributed by atoms with Crippen LogP contribution in [-0.2, 0) is 16.3 Å². The summed E-state index contributed by atoms with van der Waals surface area (Å²) < 4.78 is 74.0. The quantitative estimate of drug-likeness (QED) is 0.553. The summed E-state index contributed by atoms with van der Waals surface area (Å²) in [4.78, 5) is 3.23. The number of benzene rings is 3. The molecule has 4 rings (SSSR count). The van der Waals surface area contributed by atoms with Gasteiger partial charge in [-0.1, -0.05) is 24.3 Å². The van der Waals surface area contributed by atoms with Crippen molar-refractivity contribution in [3.05, 3.63) is 94.1 Å². The molecule has 0 aromatic heterocycles. The highest BCUT2D eigenvalue weighted by Crippen LogP contribution is 2.37. The van der Waals surface area contributed by atoms with Crippen molar-refractivity contribution in [2.45, 2.75) is 11.3 Å². The fourth-order valence-electron chi connectivity index (χ4n) is 3.42. The van der Waals surface area contributed by atoms with Crippen LogP contribution in [0.3, 0.4) is 0 Å². The minimum absolute atomic E-state index is 0.0125. The van der Waals surface area contributed by atoms with Crippen LogP contribution in [-0.4, -0.2) is 21.7 Å². The third kappa shape index (κ3) is 3.98. The third-order valence-electron chi connectivity index (χ3n) is 4.90. The zero-order valence-electron chi connectivity index (χ0n) is 16.3. The summed E-state index contributed by atoms with van der Waals surface area (Å²) in [6.45, 7) is 0. The van der Waals surface area contributed by atoms with Gasteiger partial charge in [0.2, 0.25) is 9.84 Å². The molecule has 0 aliphatic carbocycles. The number of methoxy groups -OCH3 is 1. The van der Waals surface area contributed by atoms with Gasteiger partial charge in [0.05, 0.1) is 16.9 Å². The van der Waals surface area contributed by atoms with Gasteiger partial charge < -0.3 is 4.74 Å². The normalized spacial score (nSPS) is 13.7. The molecular formula is C23H16F3NO3S. The van der Waals surface area contributed by atoms with Crippen molar-refractivity contribution < 1.29 is 26.3 Å². The molecule has 0 atom stereocenters. The lowest BCUT2D eigenvalue weighted by molar-refractivity contribution is 0.414. The minimum atomic E-state index is -4.39. The molecule has 0 fully saturated rings. The van der Waals surface area contributed by atoms with Gasteiger partial charge in [0.25, 0.3) is 0 Å². The Hall–Kier alpha value is -3.39. The van der Waals surface area contributed by atoms with Crippen LogP contribution in [0, 0.1) is 17.5 Å². The first kappa shape index (κ1) is 20.9. The Labute approximate surface area is 177 Å². The first-order valence-corrected chi connectivity index (χ1v) is 10.7. The number of hydrogen-bond acceptors (Lipinski definition) is 4. The molecule has 0 amide bonds. The van der Waals surface area contributed by atoms with Crippen molar-refractivity contribution in [3.63, 3.8) is 0 Å². The number of fused-ring (bicyclic) bond motifs is 1. The molecule has 158 valence electrons. The van der Waals surface area contributed by atoms with Gasteiger partial charge >= 0.3 is 0 Å². The lowest BCUT2D eigenvalue weighted by atomic mass is 9.97. The summed E-state index contributed by atoms with van der Waals surface area (Å²) in [7, 11) is -2.92. The molecule has 1 heterocycles. The van der Waals surface area contributed by atoms with E-state index in [2.05, 4.69) is 4.99 Å². The van der Waals surface area contributed by atoms with Crippen LogP contribution >= 0.6 is 0 Å². The van der Waals surface area contributed by atoms with E-state index in [1.165, 1.54) is 19.2 Å². The molecule has 0 N–H and O–H groups in total. The summed E-state index contributed by atoms with van der Waals surface area (Å²) in [5, 5.41) is 0. The summed E-state index contributed by atoms with van der Waals surface area (Å²) >= 11 is 0. The first-order chi connectivity index (χ1) is 14.8. The molecule has 8 heteroatoms. The molecule has 0 unspecified atom stereocenters. The number of rotatable bonds is 4. The van der Waals surface area contributed by atoms with E-state index >= 15 is 0 Å². The number of para-hydroxylation sites is 1. The van der Waals surface area contributed by atoms with Gasteiger partial charge in [-0.2, -0.15) is 0 Å². The number of aliphatic imine (C=N–C) groups is 1. The second-order valence-corrected chi connectivity index (χ2v) is 8.78. The van der Waals surface area contributed by atoms with Crippen LogP contribution in [0.1, 0.15) is 11.1 Å². The fourth-order valence-corrected chi connectivity index (χ4v) is 4.92. The maximum Gasteiger partial charge on any atom is 0.208 e. The Morgan fingerprint density at radius 1 is 0.935 bits per heavy atom. The van der Waals surface area contributed by atoms with Gasteiger partial charge in [-0.05, 0) is 47.0 Å². The van der Waals surface area contributed by atoms with Crippen molar-refractivity contribution in [1.82, 2.24) is 0 Å². The van der Waals surface area contributed by atoms with E-state index in [0.717, 1.165) is 18.3 Å². The second kappa shape index (κ2) is 8.03. The Bertz CT molecular complexity index is 1330. The monoisotopic (exact) mass is 443 g/mol. The van der Waals surface area contributed by atoms with Crippen LogP contribution in [0.2, 0.25) is 0 Å². The SMILES string of the molecule is COc1cccc(C2=C(S(=O)(=O)c3cc(F)cc(F)c3)C=Nc3c(F)cccc3C2)c1. The molecule has 1 aliphatic heterocycles. The lowest BCUT2D eigenvalue weighted by Gasteiger charge is -2.14. The van der Waals surface area contributed by atoms with Gasteiger partial charge in [0.1, 0.15) is 28.9 Å². The molecule has 0 spiro atoms. The van der Waals surface area contributed by atoms with E-state index < -0.39 is 32.2 Å². The fraction of sp³-hybridized carbons (Fsp3) is 0.0870. The van der Waals surface area contributed by atoms with Crippen LogP contribution in [0.5, 0.6) is 5.75 Å². The predicted octanol–water partition coefficient (Wildman–Crippen LogP) is 5.26. The topological polar surface area (TPSA) is 55.7 Å². The average molecular weight is 443 g/mol. The molecule has 0 radical (unpaired) electrons. The van der Waals surface area contributed by atoms with E-state index in [9.17, 15) is 21.6 Å². The third-order valence-corrected chi connectivity index (χ3v) is 6.69. The van der Waals surface area contributed by atoms with Crippen molar-refractivity contribution in [2.24, 2.45) is 4.99 Å². The number of halogens is 3. The predicted molar refractivity (Wildman–Crippen MR) is 112 cm³/mol. The van der Waals surface area contributed by atoms with Gasteiger partial charge in [-0.3, -0.25) is 4.99 Å². The molecule has 0 saturated carbocycles. The molecule has 3 aromatic carbocycles. The van der Waals surface area contributed by atoms with Crippen LogP contribution in [0.25, 0.3) is 5.57 Å². The molecule has 0 bridgehead atoms. The second-order valence-electron chi connectivity index (χ2n) is 6.87. The van der Waals surface area contributed by atoms with E-state index in [1.54, 1.807) is 30.3 Å². The summed E-state index contributed by atoms with van der Waals surface area (Å²) in [5.74, 6) is -2.17. The zero-order valence-corrected chi connectivity index (χ0v) is 17.1. The Kier molecular flexibility index (Phi) is 5.41. The van der Waals surface area contributed by atoms with E-state index in [-0.39, 0.29) is 17.0 Å². The van der Waals surface area contributed by atoms with E-state index in [4.69, 9.17) is 4.74 Å². The summed E-state index contributed by atoms with van der Waals surface area (Å²) in [6, 6.07) is 13.1. The average Bonchev–Trinajstić information content (AvgIpc) is 2.94. The van der Waals surface area contributed by atoms with Crippen LogP contribution < -0.4 is 4.74 Å². The number of allylic oxidation sites excluding steroid dienone is 2. The summed E-state index contributed by atoms with van der Waals surface area (Å²) in [5.41, 5.74) is 1.29. The van der Waals surface area contributed by atoms with Crippen molar-refractivity contribution in [3.8, 4) is 5.75 Å². The smallest absolute Gasteiger partial charge is 0.208 e. The Morgan fingerprint density at radius 3 is 2.35 bits per heavy atom. The van der Waals surface area contributed by atoms with Crippen LogP contribution in [0.4, 0.5) is 18.9 Å². The van der Waals surface area contributed by atoms with Crippen molar-refractivity contribution in [1.29, 1.82) is 0 Å².